The first-order valence-electron chi connectivity index (χ1n) is 6.09. The molecule has 0 spiro atoms. The van der Waals surface area contributed by atoms with Gasteiger partial charge in [-0.15, -0.1) is 0 Å². The molecule has 0 aromatic heterocycles. The third-order valence-corrected chi connectivity index (χ3v) is 3.06. The first kappa shape index (κ1) is 12.0. The van der Waals surface area contributed by atoms with Crippen LogP contribution in [0.5, 0.6) is 0 Å². The minimum atomic E-state index is 0.563. The second-order valence-corrected chi connectivity index (χ2v) is 4.58. The van der Waals surface area contributed by atoms with E-state index in [1.165, 1.54) is 38.5 Å². The quantitative estimate of drug-likeness (QED) is 0.664. The summed E-state index contributed by atoms with van der Waals surface area (Å²) in [6, 6.07) is 0. The molecule has 0 heterocycles. The predicted octanol–water partition coefficient (Wildman–Crippen LogP) is 2.58. The minimum Gasteiger partial charge on any atom is -0.378 e. The van der Waals surface area contributed by atoms with E-state index in [1.54, 1.807) is 0 Å². The predicted molar refractivity (Wildman–Crippen MR) is 60.5 cm³/mol. The van der Waals surface area contributed by atoms with Gasteiger partial charge in [0.1, 0.15) is 0 Å². The van der Waals surface area contributed by atoms with E-state index in [0.29, 0.717) is 6.10 Å². The van der Waals surface area contributed by atoms with Crippen molar-refractivity contribution in [1.82, 2.24) is 5.32 Å². The van der Waals surface area contributed by atoms with Gasteiger partial charge in [0.25, 0.3) is 0 Å². The Morgan fingerprint density at radius 1 is 1.29 bits per heavy atom. The molecule has 0 aromatic carbocycles. The Labute approximate surface area is 88.4 Å². The molecule has 1 fully saturated rings. The van der Waals surface area contributed by atoms with Gasteiger partial charge in [-0.05, 0) is 45.2 Å². The van der Waals surface area contributed by atoms with Crippen molar-refractivity contribution < 1.29 is 4.74 Å². The molecule has 0 radical (unpaired) electrons. The largest absolute Gasteiger partial charge is 0.378 e. The Bertz CT molecular complexity index is 138. The van der Waals surface area contributed by atoms with Crippen LogP contribution in [-0.2, 0) is 4.74 Å². The van der Waals surface area contributed by atoms with Crippen molar-refractivity contribution in [2.75, 3.05) is 20.2 Å². The third-order valence-electron chi connectivity index (χ3n) is 3.06. The molecule has 1 saturated carbocycles. The lowest BCUT2D eigenvalue weighted by Gasteiger charge is -2.26. The lowest BCUT2D eigenvalue weighted by atomic mass is 9.89. The monoisotopic (exact) mass is 199 g/mol. The number of rotatable bonds is 6. The van der Waals surface area contributed by atoms with Gasteiger partial charge in [0.15, 0.2) is 0 Å². The lowest BCUT2D eigenvalue weighted by molar-refractivity contribution is 0.0140. The third kappa shape index (κ3) is 4.97. The summed E-state index contributed by atoms with van der Waals surface area (Å²) < 4.78 is 5.87. The first-order valence-corrected chi connectivity index (χ1v) is 6.09. The molecule has 2 atom stereocenters. The summed E-state index contributed by atoms with van der Waals surface area (Å²) in [5, 5.41) is 3.16. The van der Waals surface area contributed by atoms with Crippen molar-refractivity contribution in [2.24, 2.45) is 5.92 Å². The number of ether oxygens (including phenoxy) is 1. The molecule has 1 N–H and O–H groups in total. The number of hydrogen-bond acceptors (Lipinski definition) is 2. The normalized spacial score (nSPS) is 27.9. The molecule has 1 aliphatic carbocycles. The summed E-state index contributed by atoms with van der Waals surface area (Å²) >= 11 is 0. The van der Waals surface area contributed by atoms with Crippen molar-refractivity contribution in [1.29, 1.82) is 0 Å². The molecule has 0 aliphatic heterocycles. The Morgan fingerprint density at radius 3 is 2.86 bits per heavy atom. The second kappa shape index (κ2) is 7.24. The van der Waals surface area contributed by atoms with Crippen LogP contribution in [-0.4, -0.2) is 26.3 Å². The summed E-state index contributed by atoms with van der Waals surface area (Å²) in [6.07, 6.45) is 8.34. The van der Waals surface area contributed by atoms with Gasteiger partial charge in [-0.3, -0.25) is 0 Å². The van der Waals surface area contributed by atoms with Crippen LogP contribution in [0.15, 0.2) is 0 Å². The molecule has 2 unspecified atom stereocenters. The molecule has 2 nitrogen and oxygen atoms in total. The summed E-state index contributed by atoms with van der Waals surface area (Å²) in [7, 11) is 2.00. The fourth-order valence-electron chi connectivity index (χ4n) is 2.18. The maximum Gasteiger partial charge on any atom is 0.0577 e. The van der Waals surface area contributed by atoms with E-state index in [4.69, 9.17) is 4.74 Å². The van der Waals surface area contributed by atoms with E-state index in [0.717, 1.165) is 19.1 Å². The van der Waals surface area contributed by atoms with Crippen LogP contribution < -0.4 is 5.32 Å². The molecule has 84 valence electrons. The van der Waals surface area contributed by atoms with Gasteiger partial charge in [0.2, 0.25) is 0 Å². The molecule has 1 aliphatic rings. The van der Waals surface area contributed by atoms with E-state index in [2.05, 4.69) is 12.2 Å². The summed E-state index contributed by atoms with van der Waals surface area (Å²) in [6.45, 7) is 4.42. The van der Waals surface area contributed by atoms with Crippen molar-refractivity contribution in [3.05, 3.63) is 0 Å². The Kier molecular flexibility index (Phi) is 6.20. The van der Waals surface area contributed by atoms with E-state index in [-0.39, 0.29) is 0 Å². The standard InChI is InChI=1S/C12H25NO/c1-11-6-5-7-12(10-11)14-9-4-3-8-13-2/h11-13H,3-10H2,1-2H3. The number of hydrogen-bond donors (Lipinski definition) is 1. The zero-order chi connectivity index (χ0) is 10.2. The molecule has 14 heavy (non-hydrogen) atoms. The SMILES string of the molecule is CNCCCCOC1CCCC(C)C1. The smallest absolute Gasteiger partial charge is 0.0577 e. The van der Waals surface area contributed by atoms with Crippen LogP contribution in [0.2, 0.25) is 0 Å². The highest BCUT2D eigenvalue weighted by Gasteiger charge is 2.18. The highest BCUT2D eigenvalue weighted by atomic mass is 16.5. The van der Waals surface area contributed by atoms with Crippen molar-refractivity contribution in [2.45, 2.75) is 51.6 Å². The van der Waals surface area contributed by atoms with Gasteiger partial charge < -0.3 is 10.1 Å². The van der Waals surface area contributed by atoms with E-state index < -0.39 is 0 Å². The molecule has 1 rings (SSSR count). The molecule has 0 amide bonds. The van der Waals surface area contributed by atoms with Crippen LogP contribution in [0.1, 0.15) is 45.4 Å². The number of unbranched alkanes of at least 4 members (excludes halogenated alkanes) is 1. The van der Waals surface area contributed by atoms with Crippen molar-refractivity contribution in [3.8, 4) is 0 Å². The maximum absolute atomic E-state index is 5.87. The summed E-state index contributed by atoms with van der Waals surface area (Å²) in [5.41, 5.74) is 0. The fraction of sp³-hybridized carbons (Fsp3) is 1.00. The molecule has 2 heteroatoms. The van der Waals surface area contributed by atoms with Crippen LogP contribution in [0, 0.1) is 5.92 Å². The van der Waals surface area contributed by atoms with Gasteiger partial charge in [-0.1, -0.05) is 19.8 Å². The second-order valence-electron chi connectivity index (χ2n) is 4.58. The average Bonchev–Trinajstić information content (AvgIpc) is 2.18. The highest BCUT2D eigenvalue weighted by molar-refractivity contribution is 4.70. The van der Waals surface area contributed by atoms with Gasteiger partial charge in [0, 0.05) is 6.61 Å². The van der Waals surface area contributed by atoms with Crippen LogP contribution in [0.25, 0.3) is 0 Å². The summed E-state index contributed by atoms with van der Waals surface area (Å²) in [5.74, 6) is 0.881. The van der Waals surface area contributed by atoms with Crippen LogP contribution in [0.4, 0.5) is 0 Å². The first-order chi connectivity index (χ1) is 6.83. The average molecular weight is 199 g/mol. The van der Waals surface area contributed by atoms with Gasteiger partial charge in [0.05, 0.1) is 6.10 Å². The summed E-state index contributed by atoms with van der Waals surface area (Å²) in [4.78, 5) is 0. The minimum absolute atomic E-state index is 0.563. The fourth-order valence-corrected chi connectivity index (χ4v) is 2.18. The van der Waals surface area contributed by atoms with Gasteiger partial charge >= 0.3 is 0 Å². The Hall–Kier alpha value is -0.0800. The zero-order valence-electron chi connectivity index (χ0n) is 9.72. The van der Waals surface area contributed by atoms with Crippen molar-refractivity contribution in [3.63, 3.8) is 0 Å². The lowest BCUT2D eigenvalue weighted by Crippen LogP contribution is -2.22. The van der Waals surface area contributed by atoms with Crippen LogP contribution in [0.3, 0.4) is 0 Å². The molecular weight excluding hydrogens is 174 g/mol. The van der Waals surface area contributed by atoms with E-state index in [9.17, 15) is 0 Å². The maximum atomic E-state index is 5.87. The van der Waals surface area contributed by atoms with E-state index in [1.807, 2.05) is 7.05 Å². The molecule has 0 bridgehead atoms. The highest BCUT2D eigenvalue weighted by Crippen LogP contribution is 2.25. The van der Waals surface area contributed by atoms with Gasteiger partial charge in [-0.25, -0.2) is 0 Å². The molecule has 0 aromatic rings. The van der Waals surface area contributed by atoms with E-state index >= 15 is 0 Å². The van der Waals surface area contributed by atoms with Crippen LogP contribution >= 0.6 is 0 Å². The topological polar surface area (TPSA) is 21.3 Å². The number of nitrogens with one attached hydrogen (secondary N) is 1. The molecule has 0 saturated heterocycles. The Morgan fingerprint density at radius 2 is 2.14 bits per heavy atom. The zero-order valence-corrected chi connectivity index (χ0v) is 9.72. The Balaban J connectivity index is 1.95. The molecular formula is C12H25NO. The van der Waals surface area contributed by atoms with Gasteiger partial charge in [-0.2, -0.15) is 0 Å². The van der Waals surface area contributed by atoms with Crippen molar-refractivity contribution >= 4 is 0 Å².